The number of amides is 1. The third-order valence-corrected chi connectivity index (χ3v) is 3.18. The Morgan fingerprint density at radius 1 is 1.35 bits per heavy atom. The minimum absolute atomic E-state index is 0.221. The van der Waals surface area contributed by atoms with Crippen molar-refractivity contribution in [1.82, 2.24) is 4.90 Å². The molecule has 0 aromatic heterocycles. The van der Waals surface area contributed by atoms with Gasteiger partial charge in [0.25, 0.3) is 0 Å². The highest BCUT2D eigenvalue weighted by Gasteiger charge is 2.36. The molecule has 0 aromatic rings. The van der Waals surface area contributed by atoms with Crippen LogP contribution in [0.15, 0.2) is 13.2 Å². The highest BCUT2D eigenvalue weighted by molar-refractivity contribution is 5.80. The third kappa shape index (κ3) is 3.58. The van der Waals surface area contributed by atoms with E-state index in [2.05, 4.69) is 13.2 Å². The Balaban J connectivity index is 0.000000686. The van der Waals surface area contributed by atoms with Crippen LogP contribution in [-0.4, -0.2) is 36.5 Å². The average molecular weight is 239 g/mol. The molecular formula is C13H21NO3. The fraction of sp³-hybridized carbons (Fsp3) is 0.692. The molecule has 2 rings (SSSR count). The fourth-order valence-corrected chi connectivity index (χ4v) is 2.71. The molecule has 0 aromatic carbocycles. The number of likely N-dealkylation sites (tertiary alicyclic amines) is 1. The van der Waals surface area contributed by atoms with E-state index in [1.54, 1.807) is 4.90 Å². The first kappa shape index (κ1) is 13.7. The molecule has 0 spiro atoms. The number of hydrogen-bond donors (Lipinski definition) is 0. The number of carbonyl (C=O) groups excluding carboxylic acids is 2. The molecule has 1 amide bonds. The molecule has 2 unspecified atom stereocenters. The van der Waals surface area contributed by atoms with Crippen LogP contribution in [0.1, 0.15) is 26.2 Å². The van der Waals surface area contributed by atoms with E-state index in [0.717, 1.165) is 6.42 Å². The lowest BCUT2D eigenvalue weighted by Gasteiger charge is -2.39. The van der Waals surface area contributed by atoms with Gasteiger partial charge in [-0.15, -0.1) is 13.2 Å². The van der Waals surface area contributed by atoms with Crippen molar-refractivity contribution in [3.05, 3.63) is 13.2 Å². The van der Waals surface area contributed by atoms with E-state index in [4.69, 9.17) is 4.74 Å². The van der Waals surface area contributed by atoms with Crippen LogP contribution in [-0.2, 0) is 9.53 Å². The summed E-state index contributed by atoms with van der Waals surface area (Å²) in [5.74, 6) is 1.10. The maximum Gasteiger partial charge on any atom is 0.409 e. The summed E-state index contributed by atoms with van der Waals surface area (Å²) < 4.78 is 4.98. The van der Waals surface area contributed by atoms with Crippen molar-refractivity contribution in [3.8, 4) is 0 Å². The smallest absolute Gasteiger partial charge is 0.409 e. The van der Waals surface area contributed by atoms with Gasteiger partial charge in [0.2, 0.25) is 0 Å². The quantitative estimate of drug-likeness (QED) is 0.659. The van der Waals surface area contributed by atoms with Crippen molar-refractivity contribution in [2.75, 3.05) is 19.7 Å². The Morgan fingerprint density at radius 3 is 2.35 bits per heavy atom. The molecule has 2 fully saturated rings. The zero-order valence-electron chi connectivity index (χ0n) is 10.5. The summed E-state index contributed by atoms with van der Waals surface area (Å²) in [6.45, 7) is 9.62. The van der Waals surface area contributed by atoms with Crippen LogP contribution in [0.4, 0.5) is 4.79 Å². The Kier molecular flexibility index (Phi) is 5.19. The molecule has 2 bridgehead atoms. The van der Waals surface area contributed by atoms with Gasteiger partial charge in [0.1, 0.15) is 5.78 Å². The maximum absolute atomic E-state index is 11.5. The van der Waals surface area contributed by atoms with Crippen molar-refractivity contribution >= 4 is 11.9 Å². The van der Waals surface area contributed by atoms with Gasteiger partial charge < -0.3 is 9.64 Å². The normalized spacial score (nSPS) is 26.9. The minimum atomic E-state index is -0.221. The number of fused-ring (bicyclic) bond motifs is 2. The van der Waals surface area contributed by atoms with Crippen LogP contribution in [0.3, 0.4) is 0 Å². The van der Waals surface area contributed by atoms with E-state index in [1.165, 1.54) is 0 Å². The van der Waals surface area contributed by atoms with E-state index in [0.29, 0.717) is 50.2 Å². The molecule has 1 saturated carbocycles. The number of carbonyl (C=O) groups is 2. The maximum atomic E-state index is 11.5. The lowest BCUT2D eigenvalue weighted by Crippen LogP contribution is -2.47. The lowest BCUT2D eigenvalue weighted by molar-refractivity contribution is -0.124. The number of nitrogens with zero attached hydrogens (tertiary/aromatic N) is 1. The monoisotopic (exact) mass is 239 g/mol. The van der Waals surface area contributed by atoms with Crippen LogP contribution in [0.5, 0.6) is 0 Å². The molecule has 1 heterocycles. The van der Waals surface area contributed by atoms with Crippen molar-refractivity contribution in [1.29, 1.82) is 0 Å². The Bertz CT molecular complexity index is 274. The van der Waals surface area contributed by atoms with E-state index in [-0.39, 0.29) is 6.09 Å². The molecular weight excluding hydrogens is 218 g/mol. The van der Waals surface area contributed by atoms with Gasteiger partial charge >= 0.3 is 6.09 Å². The predicted octanol–water partition coefficient (Wildman–Crippen LogP) is 2.25. The van der Waals surface area contributed by atoms with Gasteiger partial charge in [-0.25, -0.2) is 4.79 Å². The molecule has 2 atom stereocenters. The first-order valence-electron chi connectivity index (χ1n) is 6.12. The molecule has 4 nitrogen and oxygen atoms in total. The topological polar surface area (TPSA) is 46.6 Å². The van der Waals surface area contributed by atoms with Gasteiger partial charge in [-0.1, -0.05) is 0 Å². The van der Waals surface area contributed by atoms with Gasteiger partial charge in [0, 0.05) is 25.9 Å². The van der Waals surface area contributed by atoms with Crippen LogP contribution < -0.4 is 0 Å². The summed E-state index contributed by atoms with van der Waals surface area (Å²) in [6, 6.07) is 0. The highest BCUT2D eigenvalue weighted by Crippen LogP contribution is 2.32. The Hall–Kier alpha value is -1.32. The molecule has 1 saturated heterocycles. The van der Waals surface area contributed by atoms with Crippen molar-refractivity contribution in [3.63, 3.8) is 0 Å². The highest BCUT2D eigenvalue weighted by atomic mass is 16.6. The standard InChI is InChI=1S/C11H17NO3.C2H4/c1-2-15-11(14)12-6-8-3-9(7-12)5-10(13)4-8;1-2/h8-9H,2-7H2,1H3;1-2H2. The van der Waals surface area contributed by atoms with E-state index in [9.17, 15) is 9.59 Å². The number of ketones is 1. The molecule has 1 aliphatic heterocycles. The zero-order valence-corrected chi connectivity index (χ0v) is 10.5. The fourth-order valence-electron chi connectivity index (χ4n) is 2.71. The number of Topliss-reactive ketones (excluding diaryl/α,β-unsaturated/α-hetero) is 1. The predicted molar refractivity (Wildman–Crippen MR) is 65.7 cm³/mol. The van der Waals surface area contributed by atoms with Gasteiger partial charge in [-0.05, 0) is 25.2 Å². The van der Waals surface area contributed by atoms with Gasteiger partial charge in [0.15, 0.2) is 0 Å². The summed E-state index contributed by atoms with van der Waals surface area (Å²) in [6.07, 6.45) is 2.17. The molecule has 17 heavy (non-hydrogen) atoms. The van der Waals surface area contributed by atoms with Gasteiger partial charge in [0.05, 0.1) is 6.61 Å². The van der Waals surface area contributed by atoms with E-state index >= 15 is 0 Å². The number of ether oxygens (including phenoxy) is 1. The van der Waals surface area contributed by atoms with Gasteiger partial charge in [-0.3, -0.25) is 4.79 Å². The zero-order chi connectivity index (χ0) is 12.8. The molecule has 0 N–H and O–H groups in total. The number of hydrogen-bond acceptors (Lipinski definition) is 3. The van der Waals surface area contributed by atoms with Crippen molar-refractivity contribution < 1.29 is 14.3 Å². The number of piperidine rings is 1. The first-order chi connectivity index (χ1) is 8.19. The van der Waals surface area contributed by atoms with Crippen molar-refractivity contribution in [2.24, 2.45) is 11.8 Å². The summed E-state index contributed by atoms with van der Waals surface area (Å²) in [4.78, 5) is 24.6. The molecule has 96 valence electrons. The summed E-state index contributed by atoms with van der Waals surface area (Å²) in [5.41, 5.74) is 0. The Morgan fingerprint density at radius 2 is 1.88 bits per heavy atom. The summed E-state index contributed by atoms with van der Waals surface area (Å²) in [7, 11) is 0. The average Bonchev–Trinajstić information content (AvgIpc) is 2.30. The minimum Gasteiger partial charge on any atom is -0.450 e. The molecule has 1 aliphatic carbocycles. The molecule has 4 heteroatoms. The Labute approximate surface area is 103 Å². The van der Waals surface area contributed by atoms with E-state index < -0.39 is 0 Å². The second-order valence-electron chi connectivity index (χ2n) is 4.52. The summed E-state index contributed by atoms with van der Waals surface area (Å²) >= 11 is 0. The number of rotatable bonds is 1. The molecule has 2 aliphatic rings. The summed E-state index contributed by atoms with van der Waals surface area (Å²) in [5, 5.41) is 0. The van der Waals surface area contributed by atoms with E-state index in [1.807, 2.05) is 6.92 Å². The lowest BCUT2D eigenvalue weighted by atomic mass is 9.77. The van der Waals surface area contributed by atoms with Crippen molar-refractivity contribution in [2.45, 2.75) is 26.2 Å². The van der Waals surface area contributed by atoms with Crippen LogP contribution in [0.25, 0.3) is 0 Å². The molecule has 0 radical (unpaired) electrons. The van der Waals surface area contributed by atoms with Crippen LogP contribution in [0.2, 0.25) is 0 Å². The first-order valence-corrected chi connectivity index (χ1v) is 6.12. The second-order valence-corrected chi connectivity index (χ2v) is 4.52. The second kappa shape index (κ2) is 6.42. The largest absolute Gasteiger partial charge is 0.450 e. The van der Waals surface area contributed by atoms with Crippen LogP contribution >= 0.6 is 0 Å². The SMILES string of the molecule is C=C.CCOC(=O)N1CC2CC(=O)CC(C2)C1. The third-order valence-electron chi connectivity index (χ3n) is 3.18. The van der Waals surface area contributed by atoms with Crippen LogP contribution in [0, 0.1) is 11.8 Å². The van der Waals surface area contributed by atoms with Gasteiger partial charge in [-0.2, -0.15) is 0 Å².